The molecule has 0 aliphatic rings. The number of anilines is 1. The first kappa shape index (κ1) is 15.2. The lowest BCUT2D eigenvalue weighted by molar-refractivity contribution is 0.102. The van der Waals surface area contributed by atoms with E-state index in [1.165, 1.54) is 0 Å². The van der Waals surface area contributed by atoms with Gasteiger partial charge in [0.25, 0.3) is 5.91 Å². The molecule has 0 radical (unpaired) electrons. The topological polar surface area (TPSA) is 88.7 Å². The molecule has 2 N–H and O–H groups in total. The molecule has 3 aromatic heterocycles. The summed E-state index contributed by atoms with van der Waals surface area (Å²) in [4.78, 5) is 12.4. The van der Waals surface area contributed by atoms with Crippen molar-refractivity contribution >= 4 is 22.5 Å². The molecule has 7 heteroatoms. The first-order chi connectivity index (χ1) is 12.1. The van der Waals surface area contributed by atoms with Crippen LogP contribution < -0.4 is 5.32 Å². The quantitative estimate of drug-likeness (QED) is 0.593. The molecule has 7 nitrogen and oxygen atoms in total. The van der Waals surface area contributed by atoms with Crippen LogP contribution in [0.3, 0.4) is 0 Å². The minimum atomic E-state index is -0.288. The van der Waals surface area contributed by atoms with Crippen molar-refractivity contribution in [3.8, 4) is 11.5 Å². The Morgan fingerprint density at radius 1 is 1.28 bits per heavy atom. The fourth-order valence-electron chi connectivity index (χ4n) is 2.72. The van der Waals surface area contributed by atoms with Crippen molar-refractivity contribution < 1.29 is 9.21 Å². The van der Waals surface area contributed by atoms with E-state index in [0.717, 1.165) is 10.9 Å². The van der Waals surface area contributed by atoms with Crippen LogP contribution in [0.2, 0.25) is 0 Å². The molecular formula is C18H17N5O2. The van der Waals surface area contributed by atoms with Gasteiger partial charge in [-0.25, -0.2) is 0 Å². The molecule has 1 amide bonds. The number of carbonyl (C=O) groups excluding carboxylic acids is 1. The van der Waals surface area contributed by atoms with E-state index in [9.17, 15) is 4.79 Å². The third-order valence-electron chi connectivity index (χ3n) is 3.94. The number of H-pyrrole nitrogens is 1. The highest BCUT2D eigenvalue weighted by Crippen LogP contribution is 2.23. The summed E-state index contributed by atoms with van der Waals surface area (Å²) in [5.41, 5.74) is 2.63. The van der Waals surface area contributed by atoms with Gasteiger partial charge in [-0.15, -0.1) is 0 Å². The maximum Gasteiger partial charge on any atom is 0.276 e. The molecule has 3 heterocycles. The highest BCUT2D eigenvalue weighted by molar-refractivity contribution is 6.04. The molecule has 4 rings (SSSR count). The Balaban J connectivity index is 1.58. The van der Waals surface area contributed by atoms with Crippen molar-refractivity contribution in [1.82, 2.24) is 20.0 Å². The Hall–Kier alpha value is -3.35. The third kappa shape index (κ3) is 2.80. The van der Waals surface area contributed by atoms with Crippen LogP contribution in [0.25, 0.3) is 22.4 Å². The van der Waals surface area contributed by atoms with E-state index in [0.29, 0.717) is 22.8 Å². The second kappa shape index (κ2) is 5.94. The summed E-state index contributed by atoms with van der Waals surface area (Å²) < 4.78 is 7.22. The van der Waals surface area contributed by atoms with Crippen LogP contribution in [0.15, 0.2) is 53.3 Å². The molecule has 126 valence electrons. The Kier molecular flexibility index (Phi) is 3.61. The van der Waals surface area contributed by atoms with E-state index in [2.05, 4.69) is 34.5 Å². The Labute approximate surface area is 143 Å². The van der Waals surface area contributed by atoms with Crippen LogP contribution in [-0.4, -0.2) is 25.9 Å². The number of benzene rings is 1. The molecule has 0 spiro atoms. The van der Waals surface area contributed by atoms with E-state index in [1.807, 2.05) is 29.1 Å². The minimum Gasteiger partial charge on any atom is -0.463 e. The molecule has 0 fully saturated rings. The van der Waals surface area contributed by atoms with E-state index < -0.39 is 0 Å². The molecule has 0 unspecified atom stereocenters. The van der Waals surface area contributed by atoms with Crippen molar-refractivity contribution in [2.45, 2.75) is 19.9 Å². The predicted molar refractivity (Wildman–Crippen MR) is 94.4 cm³/mol. The van der Waals surface area contributed by atoms with E-state index in [-0.39, 0.29) is 11.9 Å². The number of nitrogens with zero attached hydrogens (tertiary/aromatic N) is 3. The molecule has 0 aliphatic carbocycles. The average molecular weight is 335 g/mol. The molecule has 0 saturated heterocycles. The van der Waals surface area contributed by atoms with Gasteiger partial charge in [-0.2, -0.15) is 10.2 Å². The molecule has 0 atom stereocenters. The van der Waals surface area contributed by atoms with Crippen LogP contribution in [-0.2, 0) is 0 Å². The largest absolute Gasteiger partial charge is 0.463 e. The van der Waals surface area contributed by atoms with E-state index in [1.54, 1.807) is 24.5 Å². The van der Waals surface area contributed by atoms with Crippen LogP contribution in [0.4, 0.5) is 5.69 Å². The monoisotopic (exact) mass is 335 g/mol. The summed E-state index contributed by atoms with van der Waals surface area (Å²) in [6.07, 6.45) is 3.40. The van der Waals surface area contributed by atoms with Gasteiger partial charge in [0.15, 0.2) is 11.5 Å². The normalized spacial score (nSPS) is 11.3. The van der Waals surface area contributed by atoms with Gasteiger partial charge in [0, 0.05) is 23.2 Å². The number of fused-ring (bicyclic) bond motifs is 1. The van der Waals surface area contributed by atoms with Gasteiger partial charge < -0.3 is 9.73 Å². The summed E-state index contributed by atoms with van der Waals surface area (Å²) in [5.74, 6) is 0.345. The van der Waals surface area contributed by atoms with Crippen molar-refractivity contribution in [2.75, 3.05) is 5.32 Å². The number of furan rings is 1. The fraction of sp³-hybridized carbons (Fsp3) is 0.167. The SMILES string of the molecule is CC(C)n1ncc2ccc(NC(=O)c3cc(-c4ccco4)[nH]n3)cc21. The number of nitrogens with one attached hydrogen (secondary N) is 2. The zero-order chi connectivity index (χ0) is 17.4. The first-order valence-corrected chi connectivity index (χ1v) is 8.00. The van der Waals surface area contributed by atoms with Gasteiger partial charge in [-0.3, -0.25) is 14.6 Å². The third-order valence-corrected chi connectivity index (χ3v) is 3.94. The zero-order valence-electron chi connectivity index (χ0n) is 13.9. The maximum atomic E-state index is 12.4. The van der Waals surface area contributed by atoms with Crippen molar-refractivity contribution in [3.63, 3.8) is 0 Å². The second-order valence-electron chi connectivity index (χ2n) is 6.05. The molecule has 4 aromatic rings. The van der Waals surface area contributed by atoms with Crippen LogP contribution in [0.5, 0.6) is 0 Å². The average Bonchev–Trinajstić information content (AvgIpc) is 3.33. The van der Waals surface area contributed by atoms with E-state index in [4.69, 9.17) is 4.42 Å². The van der Waals surface area contributed by atoms with Crippen LogP contribution in [0, 0.1) is 0 Å². The maximum absolute atomic E-state index is 12.4. The van der Waals surface area contributed by atoms with Gasteiger partial charge in [-0.1, -0.05) is 0 Å². The van der Waals surface area contributed by atoms with Gasteiger partial charge >= 0.3 is 0 Å². The molecular weight excluding hydrogens is 318 g/mol. The number of hydrogen-bond donors (Lipinski definition) is 2. The lowest BCUT2D eigenvalue weighted by Crippen LogP contribution is -2.12. The zero-order valence-corrected chi connectivity index (χ0v) is 13.9. The molecule has 25 heavy (non-hydrogen) atoms. The highest BCUT2D eigenvalue weighted by atomic mass is 16.3. The van der Waals surface area contributed by atoms with E-state index >= 15 is 0 Å². The molecule has 0 aliphatic heterocycles. The summed E-state index contributed by atoms with van der Waals surface area (Å²) in [5, 5.41) is 15.1. The highest BCUT2D eigenvalue weighted by Gasteiger charge is 2.14. The first-order valence-electron chi connectivity index (χ1n) is 8.00. The van der Waals surface area contributed by atoms with Gasteiger partial charge in [-0.05, 0) is 44.2 Å². The number of hydrogen-bond acceptors (Lipinski definition) is 4. The second-order valence-corrected chi connectivity index (χ2v) is 6.05. The molecule has 0 saturated carbocycles. The molecule has 1 aromatic carbocycles. The van der Waals surface area contributed by atoms with Gasteiger partial charge in [0.1, 0.15) is 5.69 Å². The van der Waals surface area contributed by atoms with Gasteiger partial charge in [0.05, 0.1) is 18.0 Å². The fourth-order valence-corrected chi connectivity index (χ4v) is 2.72. The number of aromatic amines is 1. The Morgan fingerprint density at radius 2 is 2.16 bits per heavy atom. The number of amides is 1. The standard InChI is InChI=1S/C18H17N5O2/c1-11(2)23-16-8-13(6-5-12(16)10-19-23)20-18(24)15-9-14(21-22-15)17-4-3-7-25-17/h3-11H,1-2H3,(H,20,24)(H,21,22). The smallest absolute Gasteiger partial charge is 0.276 e. The lowest BCUT2D eigenvalue weighted by Gasteiger charge is -2.08. The summed E-state index contributed by atoms with van der Waals surface area (Å²) >= 11 is 0. The van der Waals surface area contributed by atoms with Crippen molar-refractivity contribution in [1.29, 1.82) is 0 Å². The lowest BCUT2D eigenvalue weighted by atomic mass is 10.2. The van der Waals surface area contributed by atoms with Gasteiger partial charge in [0.2, 0.25) is 0 Å². The van der Waals surface area contributed by atoms with Crippen molar-refractivity contribution in [3.05, 3.63) is 54.6 Å². The summed E-state index contributed by atoms with van der Waals surface area (Å²) in [6.45, 7) is 4.13. The number of rotatable bonds is 4. The summed E-state index contributed by atoms with van der Waals surface area (Å²) in [6, 6.07) is 11.2. The number of aromatic nitrogens is 4. The Morgan fingerprint density at radius 3 is 2.92 bits per heavy atom. The number of carbonyl (C=O) groups is 1. The molecule has 0 bridgehead atoms. The van der Waals surface area contributed by atoms with Crippen LogP contribution >= 0.6 is 0 Å². The van der Waals surface area contributed by atoms with Crippen molar-refractivity contribution in [2.24, 2.45) is 0 Å². The van der Waals surface area contributed by atoms with Crippen LogP contribution in [0.1, 0.15) is 30.4 Å². The Bertz CT molecular complexity index is 1030. The minimum absolute atomic E-state index is 0.241. The summed E-state index contributed by atoms with van der Waals surface area (Å²) in [7, 11) is 0. The predicted octanol–water partition coefficient (Wildman–Crippen LogP) is 3.85.